The first kappa shape index (κ1) is 22.7. The highest BCUT2D eigenvalue weighted by atomic mass is 16.7. The smallest absolute Gasteiger partial charge is 0.303 e. The molecule has 0 aliphatic rings. The summed E-state index contributed by atoms with van der Waals surface area (Å²) in [7, 11) is 0. The van der Waals surface area contributed by atoms with Gasteiger partial charge < -0.3 is 24.1 Å². The van der Waals surface area contributed by atoms with E-state index >= 15 is 0 Å². The number of hydrogen-bond acceptors (Lipinski definition) is 5. The Bertz CT molecular complexity index is 753. The van der Waals surface area contributed by atoms with Crippen LogP contribution in [0.2, 0.25) is 0 Å². The molecule has 29 heavy (non-hydrogen) atoms. The largest absolute Gasteiger partial charge is 0.488 e. The number of aliphatic carboxylic acids is 1. The summed E-state index contributed by atoms with van der Waals surface area (Å²) >= 11 is 0. The van der Waals surface area contributed by atoms with Gasteiger partial charge in [-0.1, -0.05) is 31.2 Å². The van der Waals surface area contributed by atoms with Crippen molar-refractivity contribution >= 4 is 5.97 Å². The molecular weight excluding hydrogens is 372 g/mol. The minimum absolute atomic E-state index is 0.0330. The van der Waals surface area contributed by atoms with E-state index in [1.807, 2.05) is 63.2 Å². The zero-order valence-electron chi connectivity index (χ0n) is 17.3. The van der Waals surface area contributed by atoms with Crippen LogP contribution in [-0.4, -0.2) is 37.2 Å². The van der Waals surface area contributed by atoms with Gasteiger partial charge in [0.05, 0.1) is 0 Å². The maximum Gasteiger partial charge on any atom is 0.303 e. The predicted octanol–water partition coefficient (Wildman–Crippen LogP) is 4.84. The van der Waals surface area contributed by atoms with Gasteiger partial charge in [-0.2, -0.15) is 0 Å². The lowest BCUT2D eigenvalue weighted by Gasteiger charge is -2.21. The van der Waals surface area contributed by atoms with Crippen LogP contribution in [0.1, 0.15) is 38.3 Å². The molecule has 0 aromatic heterocycles. The molecule has 0 saturated carbocycles. The number of aryl methyl sites for hydroxylation is 1. The van der Waals surface area contributed by atoms with Gasteiger partial charge >= 0.3 is 5.97 Å². The normalized spacial score (nSPS) is 10.9. The van der Waals surface area contributed by atoms with Crippen molar-refractivity contribution in [2.75, 3.05) is 19.8 Å². The van der Waals surface area contributed by atoms with Gasteiger partial charge in [-0.15, -0.1) is 0 Å². The molecule has 0 aliphatic heterocycles. The molecule has 0 heterocycles. The van der Waals surface area contributed by atoms with E-state index in [-0.39, 0.29) is 13.0 Å². The zero-order valence-corrected chi connectivity index (χ0v) is 17.3. The molecule has 0 radical (unpaired) electrons. The Balaban J connectivity index is 2.31. The molecule has 0 saturated heterocycles. The van der Waals surface area contributed by atoms with E-state index in [4.69, 9.17) is 24.1 Å². The van der Waals surface area contributed by atoms with Crippen LogP contribution in [0.3, 0.4) is 0 Å². The summed E-state index contributed by atoms with van der Waals surface area (Å²) in [5, 5.41) is 9.09. The molecule has 0 spiro atoms. The van der Waals surface area contributed by atoms with Crippen molar-refractivity contribution in [2.45, 2.75) is 46.3 Å². The fraction of sp³-hybridized carbons (Fsp3) is 0.435. The number of hydrogen-bond donors (Lipinski definition) is 1. The molecular formula is C23H30O6. The van der Waals surface area contributed by atoms with Gasteiger partial charge in [-0.05, 0) is 50.5 Å². The summed E-state index contributed by atoms with van der Waals surface area (Å²) in [5.74, 6) is 1.19. The van der Waals surface area contributed by atoms with Crippen LogP contribution < -0.4 is 9.47 Å². The molecule has 0 aliphatic carbocycles. The third-order valence-corrected chi connectivity index (χ3v) is 4.30. The Morgan fingerprint density at radius 3 is 2.28 bits per heavy atom. The van der Waals surface area contributed by atoms with Gasteiger partial charge in [0.25, 0.3) is 0 Å². The van der Waals surface area contributed by atoms with Gasteiger partial charge in [0.15, 0.2) is 6.29 Å². The van der Waals surface area contributed by atoms with Gasteiger partial charge in [0.2, 0.25) is 0 Å². The maximum absolute atomic E-state index is 11.1. The summed E-state index contributed by atoms with van der Waals surface area (Å²) in [5.41, 5.74) is 1.73. The van der Waals surface area contributed by atoms with Crippen LogP contribution >= 0.6 is 0 Å². The third-order valence-electron chi connectivity index (χ3n) is 4.30. The van der Waals surface area contributed by atoms with Crippen LogP contribution in [0, 0.1) is 0 Å². The van der Waals surface area contributed by atoms with Crippen LogP contribution in [0.25, 0.3) is 0 Å². The second-order valence-electron chi connectivity index (χ2n) is 6.34. The molecule has 0 unspecified atom stereocenters. The highest BCUT2D eigenvalue weighted by Crippen LogP contribution is 2.37. The first-order valence-corrected chi connectivity index (χ1v) is 10.0. The third kappa shape index (κ3) is 7.07. The molecule has 2 rings (SSSR count). The first-order chi connectivity index (χ1) is 14.1. The highest BCUT2D eigenvalue weighted by Gasteiger charge is 2.18. The average Bonchev–Trinajstić information content (AvgIpc) is 2.72. The van der Waals surface area contributed by atoms with Crippen molar-refractivity contribution in [3.05, 3.63) is 53.6 Å². The lowest BCUT2D eigenvalue weighted by molar-refractivity contribution is -0.152. The zero-order chi connectivity index (χ0) is 21.1. The lowest BCUT2D eigenvalue weighted by atomic mass is 10.0. The Morgan fingerprint density at radius 2 is 1.69 bits per heavy atom. The minimum Gasteiger partial charge on any atom is -0.488 e. The second kappa shape index (κ2) is 12.1. The number of carbonyl (C=O) groups is 1. The van der Waals surface area contributed by atoms with Crippen molar-refractivity contribution in [1.29, 1.82) is 0 Å². The Morgan fingerprint density at radius 1 is 1.00 bits per heavy atom. The monoisotopic (exact) mass is 402 g/mol. The number of para-hydroxylation sites is 1. The number of carboxylic acid groups (broad SMARTS) is 1. The Labute approximate surface area is 172 Å². The van der Waals surface area contributed by atoms with Crippen molar-refractivity contribution in [3.8, 4) is 17.2 Å². The van der Waals surface area contributed by atoms with Crippen molar-refractivity contribution < 1.29 is 28.8 Å². The lowest BCUT2D eigenvalue weighted by Crippen LogP contribution is -2.25. The molecule has 2 aromatic carbocycles. The molecule has 1 N–H and O–H groups in total. The molecule has 6 heteroatoms. The number of benzene rings is 2. The summed E-state index contributed by atoms with van der Waals surface area (Å²) in [6, 6.07) is 13.2. The van der Waals surface area contributed by atoms with Crippen LogP contribution in [-0.2, 0) is 27.1 Å². The van der Waals surface area contributed by atoms with Crippen LogP contribution in [0.5, 0.6) is 17.2 Å². The minimum atomic E-state index is -0.842. The van der Waals surface area contributed by atoms with Gasteiger partial charge in [-0.25, -0.2) is 0 Å². The SMILES string of the molecule is CCOC(COc1ccc(CCC(=O)O)c(Oc2ccccc2)c1CC)OCC. The van der Waals surface area contributed by atoms with E-state index in [1.165, 1.54) is 0 Å². The molecule has 0 fully saturated rings. The van der Waals surface area contributed by atoms with E-state index in [1.54, 1.807) is 0 Å². The number of rotatable bonds is 13. The summed E-state index contributed by atoms with van der Waals surface area (Å²) in [6.45, 7) is 7.16. The maximum atomic E-state index is 11.1. The molecule has 0 bridgehead atoms. The van der Waals surface area contributed by atoms with E-state index < -0.39 is 12.3 Å². The van der Waals surface area contributed by atoms with E-state index in [0.29, 0.717) is 43.3 Å². The Kier molecular flexibility index (Phi) is 9.47. The number of carboxylic acids is 1. The van der Waals surface area contributed by atoms with E-state index in [2.05, 4.69) is 0 Å². The summed E-state index contributed by atoms with van der Waals surface area (Å²) < 4.78 is 23.3. The molecule has 6 nitrogen and oxygen atoms in total. The van der Waals surface area contributed by atoms with Crippen molar-refractivity contribution in [1.82, 2.24) is 0 Å². The van der Waals surface area contributed by atoms with Crippen LogP contribution in [0.4, 0.5) is 0 Å². The van der Waals surface area contributed by atoms with E-state index in [9.17, 15) is 4.79 Å². The van der Waals surface area contributed by atoms with Crippen LogP contribution in [0.15, 0.2) is 42.5 Å². The topological polar surface area (TPSA) is 74.2 Å². The van der Waals surface area contributed by atoms with Gasteiger partial charge in [-0.3, -0.25) is 4.79 Å². The fourth-order valence-electron chi connectivity index (χ4n) is 2.97. The number of ether oxygens (including phenoxy) is 4. The second-order valence-corrected chi connectivity index (χ2v) is 6.34. The molecule has 158 valence electrons. The standard InChI is InChI=1S/C23H30O6/c1-4-19-20(28-16-22(26-5-2)27-6-3)14-12-17(13-15-21(24)25)23(19)29-18-10-8-7-9-11-18/h7-12,14,22H,4-6,13,15-16H2,1-3H3,(H,24,25). The Hall–Kier alpha value is -2.57. The average molecular weight is 402 g/mol. The van der Waals surface area contributed by atoms with Crippen molar-refractivity contribution in [2.24, 2.45) is 0 Å². The van der Waals surface area contributed by atoms with Crippen molar-refractivity contribution in [3.63, 3.8) is 0 Å². The van der Waals surface area contributed by atoms with Gasteiger partial charge in [0.1, 0.15) is 23.9 Å². The molecule has 0 atom stereocenters. The van der Waals surface area contributed by atoms with Gasteiger partial charge in [0, 0.05) is 25.2 Å². The highest BCUT2D eigenvalue weighted by molar-refractivity contribution is 5.67. The quantitative estimate of drug-likeness (QED) is 0.484. The summed E-state index contributed by atoms with van der Waals surface area (Å²) in [6.07, 6.45) is 0.642. The predicted molar refractivity (Wildman–Crippen MR) is 111 cm³/mol. The first-order valence-electron chi connectivity index (χ1n) is 10.0. The van der Waals surface area contributed by atoms with E-state index in [0.717, 1.165) is 11.1 Å². The molecule has 0 amide bonds. The summed E-state index contributed by atoms with van der Waals surface area (Å²) in [4.78, 5) is 11.1. The molecule has 2 aromatic rings. The fourth-order valence-corrected chi connectivity index (χ4v) is 2.97.